The van der Waals surface area contributed by atoms with E-state index in [-0.39, 0.29) is 5.54 Å². The molecular weight excluding hydrogens is 300 g/mol. The molecule has 0 aliphatic heterocycles. The van der Waals surface area contributed by atoms with Gasteiger partial charge in [0.1, 0.15) is 0 Å². The molecule has 0 amide bonds. The minimum atomic E-state index is 0.176. The topological polar surface area (TPSA) is 24.1 Å². The first-order valence-corrected chi connectivity index (χ1v) is 6.96. The average molecular weight is 320 g/mol. The first-order chi connectivity index (χ1) is 7.90. The summed E-state index contributed by atoms with van der Waals surface area (Å²) in [6.45, 7) is 9.17. The summed E-state index contributed by atoms with van der Waals surface area (Å²) in [7, 11) is 0. The van der Waals surface area contributed by atoms with Crippen LogP contribution in [0, 0.1) is 0 Å². The van der Waals surface area contributed by atoms with E-state index in [4.69, 9.17) is 11.6 Å². The number of hydrogen-bond acceptors (Lipinski definition) is 2. The fourth-order valence-electron chi connectivity index (χ4n) is 1.43. The highest BCUT2D eigenvalue weighted by atomic mass is 79.9. The van der Waals surface area contributed by atoms with Crippen molar-refractivity contribution in [1.29, 1.82) is 0 Å². The molecular formula is C13H20BrClN2. The third kappa shape index (κ3) is 5.87. The fourth-order valence-corrected chi connectivity index (χ4v) is 2.03. The molecule has 2 N–H and O–H groups in total. The average Bonchev–Trinajstić information content (AvgIpc) is 2.22. The van der Waals surface area contributed by atoms with Crippen LogP contribution < -0.4 is 10.6 Å². The normalized spacial score (nSPS) is 11.8. The van der Waals surface area contributed by atoms with E-state index in [1.165, 1.54) is 0 Å². The standard InChI is InChI=1S/C13H20BrClN2/c1-13(2,3)17-8-7-16-9-10-5-4-6-11(14)12(10)15/h4-6,16-17H,7-9H2,1-3H3. The van der Waals surface area contributed by atoms with Crippen LogP contribution in [0.5, 0.6) is 0 Å². The summed E-state index contributed by atoms with van der Waals surface area (Å²) in [4.78, 5) is 0. The zero-order valence-corrected chi connectivity index (χ0v) is 13.0. The van der Waals surface area contributed by atoms with Crippen LogP contribution in [0.2, 0.25) is 5.02 Å². The van der Waals surface area contributed by atoms with E-state index in [1.807, 2.05) is 18.2 Å². The number of hydrogen-bond donors (Lipinski definition) is 2. The van der Waals surface area contributed by atoms with E-state index in [2.05, 4.69) is 47.3 Å². The Morgan fingerprint density at radius 3 is 2.59 bits per heavy atom. The summed E-state index contributed by atoms with van der Waals surface area (Å²) in [6.07, 6.45) is 0. The molecule has 96 valence electrons. The second-order valence-corrected chi connectivity index (χ2v) is 6.30. The Morgan fingerprint density at radius 1 is 1.24 bits per heavy atom. The first kappa shape index (κ1) is 15.0. The Balaban J connectivity index is 2.29. The maximum Gasteiger partial charge on any atom is 0.0592 e. The van der Waals surface area contributed by atoms with Crippen molar-refractivity contribution in [3.63, 3.8) is 0 Å². The largest absolute Gasteiger partial charge is 0.311 e. The lowest BCUT2D eigenvalue weighted by molar-refractivity contribution is 0.421. The van der Waals surface area contributed by atoms with E-state index in [1.54, 1.807) is 0 Å². The second-order valence-electron chi connectivity index (χ2n) is 5.07. The van der Waals surface area contributed by atoms with Crippen molar-refractivity contribution in [2.75, 3.05) is 13.1 Å². The van der Waals surface area contributed by atoms with Gasteiger partial charge in [-0.25, -0.2) is 0 Å². The summed E-state index contributed by atoms with van der Waals surface area (Å²) < 4.78 is 0.950. The smallest absolute Gasteiger partial charge is 0.0592 e. The first-order valence-electron chi connectivity index (χ1n) is 5.79. The third-order valence-electron chi connectivity index (χ3n) is 2.30. The highest BCUT2D eigenvalue weighted by Crippen LogP contribution is 2.25. The maximum absolute atomic E-state index is 6.18. The molecule has 0 aliphatic rings. The Kier molecular flexibility index (Phi) is 5.93. The molecule has 0 spiro atoms. The molecule has 0 atom stereocenters. The van der Waals surface area contributed by atoms with Crippen LogP contribution in [0.3, 0.4) is 0 Å². The molecule has 0 aliphatic carbocycles. The quantitative estimate of drug-likeness (QED) is 0.811. The maximum atomic E-state index is 6.18. The van der Waals surface area contributed by atoms with Gasteiger partial charge in [-0.3, -0.25) is 0 Å². The van der Waals surface area contributed by atoms with Gasteiger partial charge < -0.3 is 10.6 Å². The van der Waals surface area contributed by atoms with Crippen LogP contribution in [-0.2, 0) is 6.54 Å². The molecule has 0 radical (unpaired) electrons. The Hall–Kier alpha value is -0.0900. The van der Waals surface area contributed by atoms with Gasteiger partial charge in [0.2, 0.25) is 0 Å². The van der Waals surface area contributed by atoms with Crippen LogP contribution >= 0.6 is 27.5 Å². The van der Waals surface area contributed by atoms with Crippen molar-refractivity contribution < 1.29 is 0 Å². The number of nitrogens with one attached hydrogen (secondary N) is 2. The minimum absolute atomic E-state index is 0.176. The molecule has 17 heavy (non-hydrogen) atoms. The van der Waals surface area contributed by atoms with Crippen molar-refractivity contribution in [2.24, 2.45) is 0 Å². The van der Waals surface area contributed by atoms with Crippen molar-refractivity contribution in [3.8, 4) is 0 Å². The van der Waals surface area contributed by atoms with Gasteiger partial charge in [0.05, 0.1) is 5.02 Å². The summed E-state index contributed by atoms with van der Waals surface area (Å²) in [6, 6.07) is 5.99. The second kappa shape index (κ2) is 6.74. The molecule has 2 nitrogen and oxygen atoms in total. The summed E-state index contributed by atoms with van der Waals surface area (Å²) >= 11 is 9.60. The highest BCUT2D eigenvalue weighted by Gasteiger charge is 2.07. The SMILES string of the molecule is CC(C)(C)NCCNCc1cccc(Br)c1Cl. The van der Waals surface area contributed by atoms with Gasteiger partial charge in [-0.2, -0.15) is 0 Å². The predicted octanol–water partition coefficient (Wildman–Crippen LogP) is 3.58. The molecule has 1 aromatic rings. The lowest BCUT2D eigenvalue weighted by Gasteiger charge is -2.20. The predicted molar refractivity (Wildman–Crippen MR) is 78.6 cm³/mol. The van der Waals surface area contributed by atoms with Gasteiger partial charge in [0, 0.05) is 29.6 Å². The third-order valence-corrected chi connectivity index (χ3v) is 3.64. The van der Waals surface area contributed by atoms with E-state index in [9.17, 15) is 0 Å². The summed E-state index contributed by atoms with van der Waals surface area (Å²) in [5.41, 5.74) is 1.30. The van der Waals surface area contributed by atoms with Gasteiger partial charge >= 0.3 is 0 Å². The summed E-state index contributed by atoms with van der Waals surface area (Å²) in [5.74, 6) is 0. The lowest BCUT2D eigenvalue weighted by Crippen LogP contribution is -2.40. The lowest BCUT2D eigenvalue weighted by atomic mass is 10.1. The van der Waals surface area contributed by atoms with Crippen LogP contribution in [0.4, 0.5) is 0 Å². The molecule has 4 heteroatoms. The van der Waals surface area contributed by atoms with E-state index in [0.29, 0.717) is 0 Å². The van der Waals surface area contributed by atoms with Gasteiger partial charge in [-0.1, -0.05) is 23.7 Å². The van der Waals surface area contributed by atoms with Gasteiger partial charge in [0.25, 0.3) is 0 Å². The number of rotatable bonds is 5. The number of halogens is 2. The van der Waals surface area contributed by atoms with Crippen LogP contribution in [0.25, 0.3) is 0 Å². The number of benzene rings is 1. The molecule has 0 unspecified atom stereocenters. The zero-order chi connectivity index (χ0) is 12.9. The van der Waals surface area contributed by atoms with E-state index < -0.39 is 0 Å². The van der Waals surface area contributed by atoms with Crippen LogP contribution in [0.1, 0.15) is 26.3 Å². The van der Waals surface area contributed by atoms with Crippen molar-refractivity contribution >= 4 is 27.5 Å². The Labute approximate surface area is 117 Å². The molecule has 0 fully saturated rings. The van der Waals surface area contributed by atoms with Crippen molar-refractivity contribution in [3.05, 3.63) is 33.3 Å². The van der Waals surface area contributed by atoms with Gasteiger partial charge in [0.15, 0.2) is 0 Å². The van der Waals surface area contributed by atoms with Gasteiger partial charge in [-0.15, -0.1) is 0 Å². The van der Waals surface area contributed by atoms with E-state index in [0.717, 1.165) is 34.7 Å². The van der Waals surface area contributed by atoms with Crippen molar-refractivity contribution in [1.82, 2.24) is 10.6 Å². The van der Waals surface area contributed by atoms with Crippen molar-refractivity contribution in [2.45, 2.75) is 32.9 Å². The molecule has 0 aromatic heterocycles. The van der Waals surface area contributed by atoms with Crippen LogP contribution in [-0.4, -0.2) is 18.6 Å². The zero-order valence-electron chi connectivity index (χ0n) is 10.6. The molecule has 1 rings (SSSR count). The molecule has 0 bridgehead atoms. The summed E-state index contributed by atoms with van der Waals surface area (Å²) in [5, 5.41) is 7.60. The molecule has 0 saturated heterocycles. The monoisotopic (exact) mass is 318 g/mol. The molecule has 0 saturated carbocycles. The van der Waals surface area contributed by atoms with Gasteiger partial charge in [-0.05, 0) is 48.3 Å². The Morgan fingerprint density at radius 2 is 1.94 bits per heavy atom. The molecule has 0 heterocycles. The van der Waals surface area contributed by atoms with Crippen LogP contribution in [0.15, 0.2) is 22.7 Å². The Bertz CT molecular complexity index is 361. The fraction of sp³-hybridized carbons (Fsp3) is 0.538. The highest BCUT2D eigenvalue weighted by molar-refractivity contribution is 9.10. The minimum Gasteiger partial charge on any atom is -0.311 e. The van der Waals surface area contributed by atoms with E-state index >= 15 is 0 Å². The molecule has 1 aromatic carbocycles.